The minimum atomic E-state index is -0.318. The van der Waals surface area contributed by atoms with Gasteiger partial charge in [0, 0.05) is 18.2 Å². The Morgan fingerprint density at radius 3 is 2.48 bits per heavy atom. The van der Waals surface area contributed by atoms with E-state index in [-0.39, 0.29) is 17.0 Å². The number of imide groups is 1. The lowest BCUT2D eigenvalue weighted by molar-refractivity contribution is -0.122. The van der Waals surface area contributed by atoms with Gasteiger partial charge in [0.25, 0.3) is 11.1 Å². The molecular formula is C23H18FNO3S. The standard InChI is InChI=1S/C23H18FNO3S/c24-18-10-8-17(9-11-18)20-13-12-19(28-20)15-21-22(26)25(23(27)29-21)14-4-7-16-5-2-1-3-6-16/h1-3,5-6,8-13,15H,4,7,14H2/b21-15+. The zero-order chi connectivity index (χ0) is 20.2. The van der Waals surface area contributed by atoms with Gasteiger partial charge in [-0.05, 0) is 66.6 Å². The highest BCUT2D eigenvalue weighted by atomic mass is 32.2. The molecule has 0 spiro atoms. The summed E-state index contributed by atoms with van der Waals surface area (Å²) in [5.74, 6) is 0.423. The molecule has 1 aliphatic rings. The molecule has 0 radical (unpaired) electrons. The lowest BCUT2D eigenvalue weighted by Crippen LogP contribution is -2.29. The molecule has 0 saturated carbocycles. The fraction of sp³-hybridized carbons (Fsp3) is 0.130. The summed E-state index contributed by atoms with van der Waals surface area (Å²) in [6, 6.07) is 19.4. The summed E-state index contributed by atoms with van der Waals surface area (Å²) in [6.45, 7) is 0.385. The summed E-state index contributed by atoms with van der Waals surface area (Å²) < 4.78 is 18.8. The second-order valence-electron chi connectivity index (χ2n) is 6.63. The van der Waals surface area contributed by atoms with E-state index in [4.69, 9.17) is 4.42 Å². The summed E-state index contributed by atoms with van der Waals surface area (Å²) >= 11 is 0.919. The van der Waals surface area contributed by atoms with E-state index in [9.17, 15) is 14.0 Å². The number of halogens is 1. The minimum absolute atomic E-state index is 0.264. The average molecular weight is 407 g/mol. The van der Waals surface area contributed by atoms with Crippen molar-refractivity contribution < 1.29 is 18.4 Å². The Balaban J connectivity index is 1.41. The van der Waals surface area contributed by atoms with Gasteiger partial charge in [-0.2, -0.15) is 0 Å². The van der Waals surface area contributed by atoms with Crippen LogP contribution in [0.25, 0.3) is 17.4 Å². The van der Waals surface area contributed by atoms with Crippen LogP contribution in [-0.4, -0.2) is 22.6 Å². The summed E-state index contributed by atoms with van der Waals surface area (Å²) in [5.41, 5.74) is 1.92. The van der Waals surface area contributed by atoms with Crippen LogP contribution >= 0.6 is 11.8 Å². The Hall–Kier alpha value is -3.12. The third-order valence-electron chi connectivity index (χ3n) is 4.59. The number of hydrogen-bond acceptors (Lipinski definition) is 4. The van der Waals surface area contributed by atoms with Gasteiger partial charge >= 0.3 is 0 Å². The third kappa shape index (κ3) is 4.49. The average Bonchev–Trinajstić information content (AvgIpc) is 3.29. The van der Waals surface area contributed by atoms with E-state index in [1.54, 1.807) is 30.3 Å². The summed E-state index contributed by atoms with van der Waals surface area (Å²) in [7, 11) is 0. The molecule has 0 N–H and O–H groups in total. The van der Waals surface area contributed by atoms with Crippen molar-refractivity contribution >= 4 is 29.0 Å². The molecule has 0 aliphatic carbocycles. The number of aryl methyl sites for hydroxylation is 1. The molecule has 2 amide bonds. The topological polar surface area (TPSA) is 50.5 Å². The first-order valence-electron chi connectivity index (χ1n) is 9.25. The molecule has 1 saturated heterocycles. The Labute approximate surface area is 172 Å². The molecule has 2 heterocycles. The summed E-state index contributed by atoms with van der Waals surface area (Å²) in [4.78, 5) is 26.5. The number of thioether (sulfide) groups is 1. The van der Waals surface area contributed by atoms with E-state index < -0.39 is 0 Å². The minimum Gasteiger partial charge on any atom is -0.457 e. The first-order chi connectivity index (χ1) is 14.1. The van der Waals surface area contributed by atoms with Crippen molar-refractivity contribution in [3.8, 4) is 11.3 Å². The number of carbonyl (C=O) groups excluding carboxylic acids is 2. The molecule has 0 atom stereocenters. The molecular weight excluding hydrogens is 389 g/mol. The van der Waals surface area contributed by atoms with Crippen LogP contribution in [0.3, 0.4) is 0 Å². The number of hydrogen-bond donors (Lipinski definition) is 0. The monoisotopic (exact) mass is 407 g/mol. The Bertz CT molecular complexity index is 1060. The number of benzene rings is 2. The zero-order valence-corrected chi connectivity index (χ0v) is 16.3. The zero-order valence-electron chi connectivity index (χ0n) is 15.5. The van der Waals surface area contributed by atoms with Gasteiger partial charge in [-0.15, -0.1) is 0 Å². The molecule has 4 nitrogen and oxygen atoms in total. The molecule has 146 valence electrons. The first kappa shape index (κ1) is 19.2. The molecule has 1 aliphatic heterocycles. The Kier molecular flexibility index (Phi) is 5.62. The van der Waals surface area contributed by atoms with E-state index in [1.807, 2.05) is 30.3 Å². The molecule has 4 rings (SSSR count). The maximum atomic E-state index is 13.1. The van der Waals surface area contributed by atoms with Gasteiger partial charge in [0.05, 0.1) is 4.91 Å². The smallest absolute Gasteiger partial charge is 0.293 e. The van der Waals surface area contributed by atoms with E-state index in [1.165, 1.54) is 22.6 Å². The number of carbonyl (C=O) groups is 2. The van der Waals surface area contributed by atoms with Crippen LogP contribution in [0.2, 0.25) is 0 Å². The van der Waals surface area contributed by atoms with Gasteiger partial charge in [-0.25, -0.2) is 4.39 Å². The van der Waals surface area contributed by atoms with Gasteiger partial charge in [-0.1, -0.05) is 30.3 Å². The van der Waals surface area contributed by atoms with Crippen LogP contribution < -0.4 is 0 Å². The summed E-state index contributed by atoms with van der Waals surface area (Å²) in [5, 5.41) is -0.264. The van der Waals surface area contributed by atoms with Gasteiger partial charge in [0.1, 0.15) is 17.3 Å². The molecule has 6 heteroatoms. The molecule has 3 aromatic rings. The molecule has 0 unspecified atom stereocenters. The highest BCUT2D eigenvalue weighted by Gasteiger charge is 2.34. The fourth-order valence-electron chi connectivity index (χ4n) is 3.11. The third-order valence-corrected chi connectivity index (χ3v) is 5.50. The molecule has 2 aromatic carbocycles. The van der Waals surface area contributed by atoms with E-state index in [0.717, 1.165) is 23.7 Å². The SMILES string of the molecule is O=C1S/C(=C/c2ccc(-c3ccc(F)cc3)o2)C(=O)N1CCCc1ccccc1. The lowest BCUT2D eigenvalue weighted by atomic mass is 10.1. The predicted octanol–water partition coefficient (Wildman–Crippen LogP) is 5.75. The van der Waals surface area contributed by atoms with Crippen molar-refractivity contribution in [2.75, 3.05) is 6.54 Å². The summed E-state index contributed by atoms with van der Waals surface area (Å²) in [6.07, 6.45) is 3.10. The molecule has 29 heavy (non-hydrogen) atoms. The maximum absolute atomic E-state index is 13.1. The van der Waals surface area contributed by atoms with Gasteiger partial charge in [0.2, 0.25) is 0 Å². The van der Waals surface area contributed by atoms with Crippen LogP contribution in [0.15, 0.2) is 76.1 Å². The number of nitrogens with zero attached hydrogens (tertiary/aromatic N) is 1. The van der Waals surface area contributed by atoms with Crippen LogP contribution in [0, 0.1) is 5.82 Å². The number of furan rings is 1. The van der Waals surface area contributed by atoms with Crippen molar-refractivity contribution in [3.63, 3.8) is 0 Å². The highest BCUT2D eigenvalue weighted by molar-refractivity contribution is 8.18. The quantitative estimate of drug-likeness (QED) is 0.488. The lowest BCUT2D eigenvalue weighted by Gasteiger charge is -2.11. The van der Waals surface area contributed by atoms with Crippen molar-refractivity contribution in [1.82, 2.24) is 4.90 Å². The Morgan fingerprint density at radius 2 is 1.72 bits per heavy atom. The molecule has 0 bridgehead atoms. The molecule has 1 fully saturated rings. The predicted molar refractivity (Wildman–Crippen MR) is 112 cm³/mol. The van der Waals surface area contributed by atoms with E-state index in [2.05, 4.69) is 0 Å². The second kappa shape index (κ2) is 8.49. The van der Waals surface area contributed by atoms with Crippen LogP contribution in [-0.2, 0) is 11.2 Å². The van der Waals surface area contributed by atoms with Crippen LogP contribution in [0.4, 0.5) is 9.18 Å². The molecule has 1 aromatic heterocycles. The normalized spacial score (nSPS) is 15.5. The number of amides is 2. The second-order valence-corrected chi connectivity index (χ2v) is 7.62. The van der Waals surface area contributed by atoms with Crippen molar-refractivity contribution in [3.05, 3.63) is 88.8 Å². The Morgan fingerprint density at radius 1 is 0.966 bits per heavy atom. The van der Waals surface area contributed by atoms with Crippen molar-refractivity contribution in [2.45, 2.75) is 12.8 Å². The van der Waals surface area contributed by atoms with Gasteiger partial charge in [0.15, 0.2) is 0 Å². The van der Waals surface area contributed by atoms with Crippen LogP contribution in [0.1, 0.15) is 17.7 Å². The van der Waals surface area contributed by atoms with E-state index in [0.29, 0.717) is 29.4 Å². The van der Waals surface area contributed by atoms with Gasteiger partial charge < -0.3 is 4.42 Å². The van der Waals surface area contributed by atoms with Crippen LogP contribution in [0.5, 0.6) is 0 Å². The highest BCUT2D eigenvalue weighted by Crippen LogP contribution is 2.33. The largest absolute Gasteiger partial charge is 0.457 e. The fourth-order valence-corrected chi connectivity index (χ4v) is 3.95. The van der Waals surface area contributed by atoms with Gasteiger partial charge in [-0.3, -0.25) is 14.5 Å². The van der Waals surface area contributed by atoms with E-state index >= 15 is 0 Å². The van der Waals surface area contributed by atoms with Crippen molar-refractivity contribution in [2.24, 2.45) is 0 Å². The number of rotatable bonds is 6. The van der Waals surface area contributed by atoms with Crippen molar-refractivity contribution in [1.29, 1.82) is 0 Å². The maximum Gasteiger partial charge on any atom is 0.293 e. The first-order valence-corrected chi connectivity index (χ1v) is 10.1.